The van der Waals surface area contributed by atoms with Crippen LogP contribution in [0, 0.1) is 0 Å². The first-order chi connectivity index (χ1) is 8.11. The normalized spacial score (nSPS) is 20.9. The molecule has 0 aliphatic carbocycles. The van der Waals surface area contributed by atoms with Gasteiger partial charge in [-0.15, -0.1) is 0 Å². The van der Waals surface area contributed by atoms with Crippen molar-refractivity contribution in [1.29, 1.82) is 0 Å². The van der Waals surface area contributed by atoms with Crippen LogP contribution in [0.1, 0.15) is 19.3 Å². The van der Waals surface area contributed by atoms with Gasteiger partial charge in [-0.2, -0.15) is 0 Å². The second-order valence-electron chi connectivity index (χ2n) is 4.20. The van der Waals surface area contributed by atoms with Gasteiger partial charge in [-0.05, 0) is 19.4 Å². The summed E-state index contributed by atoms with van der Waals surface area (Å²) in [7, 11) is 1.28. The summed E-state index contributed by atoms with van der Waals surface area (Å²) in [5, 5.41) is 11.9. The lowest BCUT2D eigenvalue weighted by Crippen LogP contribution is -2.40. The summed E-state index contributed by atoms with van der Waals surface area (Å²) in [6.07, 6.45) is 1.86. The van der Waals surface area contributed by atoms with Crippen molar-refractivity contribution >= 4 is 11.9 Å². The topological polar surface area (TPSA) is 78.9 Å². The Labute approximate surface area is 101 Å². The molecule has 1 heterocycles. The minimum absolute atomic E-state index is 0.0854. The van der Waals surface area contributed by atoms with Gasteiger partial charge in [0.05, 0.1) is 13.2 Å². The van der Waals surface area contributed by atoms with E-state index in [2.05, 4.69) is 15.0 Å². The Morgan fingerprint density at radius 1 is 1.53 bits per heavy atom. The largest absolute Gasteiger partial charge is 0.468 e. The molecule has 1 fully saturated rings. The molecule has 1 aliphatic heterocycles. The molecule has 0 aromatic heterocycles. The third kappa shape index (κ3) is 5.65. The maximum Gasteiger partial charge on any atom is 0.325 e. The summed E-state index contributed by atoms with van der Waals surface area (Å²) in [6.45, 7) is 2.08. The molecule has 1 amide bonds. The Hall–Kier alpha value is -1.14. The van der Waals surface area contributed by atoms with Crippen LogP contribution in [-0.2, 0) is 14.3 Å². The number of esters is 1. The summed E-state index contributed by atoms with van der Waals surface area (Å²) >= 11 is 0. The number of hydrogen-bond donors (Lipinski definition) is 2. The lowest BCUT2D eigenvalue weighted by atomic mass is 10.1. The van der Waals surface area contributed by atoms with Crippen LogP contribution in [0.3, 0.4) is 0 Å². The fourth-order valence-corrected chi connectivity index (χ4v) is 1.83. The Balaban J connectivity index is 2.12. The zero-order valence-electron chi connectivity index (χ0n) is 10.1. The van der Waals surface area contributed by atoms with Crippen molar-refractivity contribution in [2.45, 2.75) is 25.4 Å². The van der Waals surface area contributed by atoms with Gasteiger partial charge >= 0.3 is 5.97 Å². The number of aliphatic hydroxyl groups is 1. The second kappa shape index (κ2) is 7.24. The maximum atomic E-state index is 11.4. The molecule has 1 aliphatic rings. The van der Waals surface area contributed by atoms with E-state index in [1.54, 1.807) is 0 Å². The number of likely N-dealkylation sites (tertiary alicyclic amines) is 1. The molecule has 0 spiro atoms. The van der Waals surface area contributed by atoms with E-state index in [1.807, 2.05) is 0 Å². The minimum atomic E-state index is -0.452. The molecule has 2 N–H and O–H groups in total. The maximum absolute atomic E-state index is 11.4. The first-order valence-electron chi connectivity index (χ1n) is 5.85. The molecule has 0 radical (unpaired) electrons. The fourth-order valence-electron chi connectivity index (χ4n) is 1.83. The van der Waals surface area contributed by atoms with Crippen LogP contribution >= 0.6 is 0 Å². The summed E-state index contributed by atoms with van der Waals surface area (Å²) in [5.41, 5.74) is 0. The summed E-state index contributed by atoms with van der Waals surface area (Å²) in [4.78, 5) is 24.2. The number of hydrogen-bond acceptors (Lipinski definition) is 5. The van der Waals surface area contributed by atoms with Gasteiger partial charge in [-0.1, -0.05) is 0 Å². The summed E-state index contributed by atoms with van der Waals surface area (Å²) in [6, 6.07) is 0. The summed E-state index contributed by atoms with van der Waals surface area (Å²) in [5.74, 6) is -0.623. The predicted molar refractivity (Wildman–Crippen MR) is 61.3 cm³/mol. The number of β-amino-alcohol motifs (C(OH)–C–C–N with tert-alkyl or cyclic N) is 1. The Morgan fingerprint density at radius 3 is 2.94 bits per heavy atom. The molecule has 1 unspecified atom stereocenters. The van der Waals surface area contributed by atoms with Gasteiger partial charge in [-0.3, -0.25) is 9.59 Å². The van der Waals surface area contributed by atoms with E-state index in [0.29, 0.717) is 19.5 Å². The molecule has 0 bridgehead atoms. The number of carbonyl (C=O) groups excluding carboxylic acids is 2. The van der Waals surface area contributed by atoms with Gasteiger partial charge in [0.25, 0.3) is 0 Å². The standard InChI is InChI=1S/C11H20N2O4/c1-17-11(16)7-12-10(15)4-6-13-5-2-3-9(14)8-13/h9,14H,2-8H2,1H3,(H,12,15). The van der Waals surface area contributed by atoms with E-state index in [9.17, 15) is 14.7 Å². The quantitative estimate of drug-likeness (QED) is 0.614. The molecular weight excluding hydrogens is 224 g/mol. The first kappa shape index (κ1) is 13.9. The van der Waals surface area contributed by atoms with Crippen molar-refractivity contribution in [2.75, 3.05) is 33.3 Å². The van der Waals surface area contributed by atoms with Crippen molar-refractivity contribution in [2.24, 2.45) is 0 Å². The fraction of sp³-hybridized carbons (Fsp3) is 0.818. The zero-order valence-corrected chi connectivity index (χ0v) is 10.1. The molecular formula is C11H20N2O4. The van der Waals surface area contributed by atoms with Crippen LogP contribution in [0.4, 0.5) is 0 Å². The highest BCUT2D eigenvalue weighted by Gasteiger charge is 2.18. The smallest absolute Gasteiger partial charge is 0.325 e. The molecule has 1 rings (SSSR count). The number of nitrogens with one attached hydrogen (secondary N) is 1. The van der Waals surface area contributed by atoms with Gasteiger partial charge in [-0.25, -0.2) is 0 Å². The van der Waals surface area contributed by atoms with Crippen molar-refractivity contribution in [3.05, 3.63) is 0 Å². The highest BCUT2D eigenvalue weighted by Crippen LogP contribution is 2.09. The Bertz CT molecular complexity index is 270. The second-order valence-corrected chi connectivity index (χ2v) is 4.20. The van der Waals surface area contributed by atoms with Gasteiger partial charge in [0.2, 0.25) is 5.91 Å². The number of amides is 1. The van der Waals surface area contributed by atoms with E-state index < -0.39 is 5.97 Å². The van der Waals surface area contributed by atoms with Crippen molar-refractivity contribution in [3.63, 3.8) is 0 Å². The van der Waals surface area contributed by atoms with E-state index in [-0.39, 0.29) is 18.6 Å². The van der Waals surface area contributed by atoms with Crippen LogP contribution < -0.4 is 5.32 Å². The number of methoxy groups -OCH3 is 1. The van der Waals surface area contributed by atoms with Crippen LogP contribution in [-0.4, -0.2) is 61.3 Å². The van der Waals surface area contributed by atoms with Crippen LogP contribution in [0.2, 0.25) is 0 Å². The van der Waals surface area contributed by atoms with Crippen molar-refractivity contribution in [3.8, 4) is 0 Å². The number of carbonyl (C=O) groups is 2. The van der Waals surface area contributed by atoms with Gasteiger partial charge in [0, 0.05) is 19.5 Å². The average Bonchev–Trinajstić information content (AvgIpc) is 2.33. The van der Waals surface area contributed by atoms with Crippen molar-refractivity contribution < 1.29 is 19.4 Å². The molecule has 0 aromatic carbocycles. The van der Waals surface area contributed by atoms with E-state index in [4.69, 9.17) is 0 Å². The molecule has 0 saturated carbocycles. The Kier molecular flexibility index (Phi) is 5.93. The lowest BCUT2D eigenvalue weighted by Gasteiger charge is -2.29. The highest BCUT2D eigenvalue weighted by molar-refractivity contribution is 5.81. The van der Waals surface area contributed by atoms with Crippen LogP contribution in [0.15, 0.2) is 0 Å². The molecule has 6 heteroatoms. The number of ether oxygens (including phenoxy) is 1. The number of nitrogens with zero attached hydrogens (tertiary/aromatic N) is 1. The number of rotatable bonds is 5. The molecule has 1 saturated heterocycles. The monoisotopic (exact) mass is 244 g/mol. The van der Waals surface area contributed by atoms with Gasteiger partial charge in [0.15, 0.2) is 0 Å². The predicted octanol–water partition coefficient (Wildman–Crippen LogP) is -0.878. The van der Waals surface area contributed by atoms with Crippen molar-refractivity contribution in [1.82, 2.24) is 10.2 Å². The minimum Gasteiger partial charge on any atom is -0.468 e. The lowest BCUT2D eigenvalue weighted by molar-refractivity contribution is -0.141. The van der Waals surface area contributed by atoms with Gasteiger partial charge in [0.1, 0.15) is 6.54 Å². The third-order valence-electron chi connectivity index (χ3n) is 2.79. The summed E-state index contributed by atoms with van der Waals surface area (Å²) < 4.78 is 4.41. The molecule has 17 heavy (non-hydrogen) atoms. The molecule has 98 valence electrons. The van der Waals surface area contributed by atoms with E-state index in [1.165, 1.54) is 7.11 Å². The molecule has 1 atom stereocenters. The van der Waals surface area contributed by atoms with E-state index in [0.717, 1.165) is 19.4 Å². The SMILES string of the molecule is COC(=O)CNC(=O)CCN1CCCC(O)C1. The van der Waals surface area contributed by atoms with Crippen LogP contribution in [0.5, 0.6) is 0 Å². The highest BCUT2D eigenvalue weighted by atomic mass is 16.5. The van der Waals surface area contributed by atoms with Crippen LogP contribution in [0.25, 0.3) is 0 Å². The number of aliphatic hydroxyl groups excluding tert-OH is 1. The van der Waals surface area contributed by atoms with Gasteiger partial charge < -0.3 is 20.1 Å². The zero-order chi connectivity index (χ0) is 12.7. The first-order valence-corrected chi connectivity index (χ1v) is 5.85. The average molecular weight is 244 g/mol. The Morgan fingerprint density at radius 2 is 2.29 bits per heavy atom. The number of piperidine rings is 1. The third-order valence-corrected chi connectivity index (χ3v) is 2.79. The molecule has 6 nitrogen and oxygen atoms in total. The van der Waals surface area contributed by atoms with E-state index >= 15 is 0 Å². The molecule has 0 aromatic rings.